The standard InChI is InChI=1S/C20H13NOS2/c22-19-13-7-2-1-6-12(13)18-17(19)20(16-10-5-11-23-16)24-15-9-4-3-8-14(15)21-18/h1-11,20-21H/t20-/m1/s1. The van der Waals surface area contributed by atoms with Gasteiger partial charge in [0.15, 0.2) is 5.78 Å². The third kappa shape index (κ3) is 2.00. The summed E-state index contributed by atoms with van der Waals surface area (Å²) < 4.78 is 0. The first-order chi connectivity index (χ1) is 11.8. The van der Waals surface area contributed by atoms with Crippen LogP contribution < -0.4 is 5.32 Å². The van der Waals surface area contributed by atoms with Gasteiger partial charge in [-0.15, -0.1) is 23.1 Å². The van der Waals surface area contributed by atoms with Crippen molar-refractivity contribution >= 4 is 40.3 Å². The van der Waals surface area contributed by atoms with Gasteiger partial charge in [0.05, 0.1) is 16.6 Å². The molecule has 0 amide bonds. The molecule has 1 aromatic heterocycles. The molecule has 1 aliphatic heterocycles. The van der Waals surface area contributed by atoms with Crippen molar-refractivity contribution in [2.45, 2.75) is 10.1 Å². The lowest BCUT2D eigenvalue weighted by Crippen LogP contribution is -2.06. The number of hydrogen-bond donors (Lipinski definition) is 1. The molecule has 0 saturated heterocycles. The molecule has 2 heterocycles. The minimum Gasteiger partial charge on any atom is -0.354 e. The summed E-state index contributed by atoms with van der Waals surface area (Å²) >= 11 is 3.46. The SMILES string of the molecule is O=C1C2=C(Nc3ccccc3S[C@@H]2c2cccs2)c2ccccc21. The highest BCUT2D eigenvalue weighted by atomic mass is 32.2. The minimum absolute atomic E-state index is 0.0241. The second kappa shape index (κ2) is 5.36. The summed E-state index contributed by atoms with van der Waals surface area (Å²) in [4.78, 5) is 15.5. The van der Waals surface area contributed by atoms with Gasteiger partial charge >= 0.3 is 0 Å². The van der Waals surface area contributed by atoms with E-state index in [1.165, 1.54) is 9.77 Å². The third-order valence-electron chi connectivity index (χ3n) is 4.41. The topological polar surface area (TPSA) is 29.1 Å². The monoisotopic (exact) mass is 347 g/mol. The fourth-order valence-corrected chi connectivity index (χ4v) is 5.54. The van der Waals surface area contributed by atoms with Gasteiger partial charge in [-0.1, -0.05) is 42.5 Å². The molecule has 3 aromatic rings. The molecule has 5 rings (SSSR count). The molecule has 2 nitrogen and oxygen atoms in total. The molecule has 1 N–H and O–H groups in total. The molecule has 24 heavy (non-hydrogen) atoms. The van der Waals surface area contributed by atoms with Gasteiger partial charge in [-0.2, -0.15) is 0 Å². The zero-order valence-electron chi connectivity index (χ0n) is 12.7. The first-order valence-electron chi connectivity index (χ1n) is 7.77. The molecule has 4 heteroatoms. The van der Waals surface area contributed by atoms with Crippen molar-refractivity contribution in [2.75, 3.05) is 5.32 Å². The predicted molar refractivity (Wildman–Crippen MR) is 101 cm³/mol. The van der Waals surface area contributed by atoms with Crippen molar-refractivity contribution in [3.8, 4) is 0 Å². The maximum Gasteiger partial charge on any atom is 0.193 e. The second-order valence-electron chi connectivity index (χ2n) is 5.80. The molecule has 1 atom stereocenters. The summed E-state index contributed by atoms with van der Waals surface area (Å²) in [6, 6.07) is 20.3. The van der Waals surface area contributed by atoms with Gasteiger partial charge in [0.25, 0.3) is 0 Å². The number of hydrogen-bond acceptors (Lipinski definition) is 4. The fourth-order valence-electron chi connectivity index (χ4n) is 3.32. The zero-order chi connectivity index (χ0) is 16.1. The number of anilines is 1. The van der Waals surface area contributed by atoms with E-state index in [-0.39, 0.29) is 11.0 Å². The Morgan fingerprint density at radius 2 is 1.67 bits per heavy atom. The van der Waals surface area contributed by atoms with Crippen LogP contribution in [0.4, 0.5) is 5.69 Å². The summed E-state index contributed by atoms with van der Waals surface area (Å²) in [6.45, 7) is 0. The second-order valence-corrected chi connectivity index (χ2v) is 7.92. The van der Waals surface area contributed by atoms with Crippen molar-refractivity contribution in [2.24, 2.45) is 0 Å². The summed E-state index contributed by atoms with van der Waals surface area (Å²) in [6.07, 6.45) is 0. The zero-order valence-corrected chi connectivity index (χ0v) is 14.3. The lowest BCUT2D eigenvalue weighted by molar-refractivity contribution is 0.103. The average molecular weight is 347 g/mol. The number of para-hydroxylation sites is 1. The lowest BCUT2D eigenvalue weighted by Gasteiger charge is -2.15. The first kappa shape index (κ1) is 14.1. The van der Waals surface area contributed by atoms with E-state index in [9.17, 15) is 4.79 Å². The molecule has 0 spiro atoms. The molecule has 0 saturated carbocycles. The Kier molecular flexibility index (Phi) is 3.15. The van der Waals surface area contributed by atoms with Gasteiger partial charge in [0, 0.05) is 26.5 Å². The minimum atomic E-state index is 0.0241. The third-order valence-corrected chi connectivity index (χ3v) is 6.83. The maximum absolute atomic E-state index is 13.1. The van der Waals surface area contributed by atoms with Crippen LogP contribution in [0.15, 0.2) is 76.5 Å². The summed E-state index contributed by atoms with van der Waals surface area (Å²) in [7, 11) is 0. The van der Waals surface area contributed by atoms with Crippen LogP contribution in [0, 0.1) is 0 Å². The van der Waals surface area contributed by atoms with E-state index in [0.717, 1.165) is 28.1 Å². The van der Waals surface area contributed by atoms with Crippen LogP contribution in [-0.2, 0) is 0 Å². The highest BCUT2D eigenvalue weighted by molar-refractivity contribution is 8.00. The van der Waals surface area contributed by atoms with Crippen molar-refractivity contribution in [1.82, 2.24) is 0 Å². The van der Waals surface area contributed by atoms with Crippen LogP contribution in [-0.4, -0.2) is 5.78 Å². The Hall–Kier alpha value is -2.30. The summed E-state index contributed by atoms with van der Waals surface area (Å²) in [5.74, 6) is 0.145. The number of thiophene rings is 1. The summed E-state index contributed by atoms with van der Waals surface area (Å²) in [5, 5.41) is 5.64. The molecular weight excluding hydrogens is 334 g/mol. The molecule has 0 radical (unpaired) electrons. The molecular formula is C20H13NOS2. The Bertz CT molecular complexity index is 988. The number of ketones is 1. The van der Waals surface area contributed by atoms with Gasteiger partial charge in [0.2, 0.25) is 0 Å². The van der Waals surface area contributed by atoms with Crippen molar-refractivity contribution in [1.29, 1.82) is 0 Å². The van der Waals surface area contributed by atoms with Gasteiger partial charge in [-0.25, -0.2) is 0 Å². The van der Waals surface area contributed by atoms with Crippen molar-refractivity contribution in [3.05, 3.63) is 87.6 Å². The normalized spacial score (nSPS) is 18.5. The van der Waals surface area contributed by atoms with E-state index >= 15 is 0 Å². The van der Waals surface area contributed by atoms with Crippen LogP contribution in [0.2, 0.25) is 0 Å². The van der Waals surface area contributed by atoms with E-state index in [0.29, 0.717) is 0 Å². The van der Waals surface area contributed by atoms with Gasteiger partial charge < -0.3 is 5.32 Å². The quantitative estimate of drug-likeness (QED) is 0.620. The first-order valence-corrected chi connectivity index (χ1v) is 9.53. The Balaban J connectivity index is 1.77. The van der Waals surface area contributed by atoms with Crippen LogP contribution in [0.5, 0.6) is 0 Å². The molecule has 2 aliphatic rings. The highest BCUT2D eigenvalue weighted by Crippen LogP contribution is 2.53. The molecule has 0 bridgehead atoms. The Morgan fingerprint density at radius 1 is 0.875 bits per heavy atom. The molecule has 1 aliphatic carbocycles. The van der Waals surface area contributed by atoms with Crippen LogP contribution in [0.25, 0.3) is 5.70 Å². The largest absolute Gasteiger partial charge is 0.354 e. The molecule has 2 aromatic carbocycles. The van der Waals surface area contributed by atoms with Gasteiger partial charge in [-0.3, -0.25) is 4.79 Å². The maximum atomic E-state index is 13.1. The molecule has 0 fully saturated rings. The lowest BCUT2D eigenvalue weighted by atomic mass is 10.1. The summed E-state index contributed by atoms with van der Waals surface area (Å²) in [5.41, 5.74) is 4.72. The predicted octanol–water partition coefficient (Wildman–Crippen LogP) is 5.61. The van der Waals surface area contributed by atoms with Gasteiger partial charge in [0.1, 0.15) is 0 Å². The van der Waals surface area contributed by atoms with E-state index in [1.54, 1.807) is 23.1 Å². The average Bonchev–Trinajstić information content (AvgIpc) is 3.19. The number of thioether (sulfide) groups is 1. The van der Waals surface area contributed by atoms with Crippen LogP contribution in [0.3, 0.4) is 0 Å². The van der Waals surface area contributed by atoms with Crippen LogP contribution >= 0.6 is 23.1 Å². The molecule has 0 unspecified atom stereocenters. The smallest absolute Gasteiger partial charge is 0.193 e. The van der Waals surface area contributed by atoms with E-state index in [4.69, 9.17) is 0 Å². The Labute approximate surface area is 148 Å². The van der Waals surface area contributed by atoms with E-state index in [2.05, 4.69) is 35.0 Å². The fraction of sp³-hybridized carbons (Fsp3) is 0.0500. The number of nitrogens with one attached hydrogen (secondary N) is 1. The number of carbonyl (C=O) groups excluding carboxylic acids is 1. The number of carbonyl (C=O) groups is 1. The number of fused-ring (bicyclic) bond motifs is 3. The number of Topliss-reactive ketones (excluding diaryl/α,β-unsaturated/α-hetero) is 1. The van der Waals surface area contributed by atoms with Crippen molar-refractivity contribution in [3.63, 3.8) is 0 Å². The number of rotatable bonds is 1. The number of benzene rings is 2. The van der Waals surface area contributed by atoms with E-state index < -0.39 is 0 Å². The Morgan fingerprint density at radius 3 is 2.50 bits per heavy atom. The van der Waals surface area contributed by atoms with Gasteiger partial charge in [-0.05, 0) is 23.6 Å². The van der Waals surface area contributed by atoms with Crippen molar-refractivity contribution < 1.29 is 4.79 Å². The van der Waals surface area contributed by atoms with E-state index in [1.807, 2.05) is 36.4 Å². The van der Waals surface area contributed by atoms with Crippen LogP contribution in [0.1, 0.15) is 26.0 Å². The highest BCUT2D eigenvalue weighted by Gasteiger charge is 2.38. The molecule has 116 valence electrons.